The van der Waals surface area contributed by atoms with Crippen molar-refractivity contribution < 1.29 is 0 Å². The Morgan fingerprint density at radius 3 is 2.50 bits per heavy atom. The summed E-state index contributed by atoms with van der Waals surface area (Å²) in [6.07, 6.45) is 3.22. The molecule has 2 rings (SSSR count). The largest absolute Gasteiger partial charge is 0.310 e. The molecule has 108 valence electrons. The Morgan fingerprint density at radius 2 is 1.95 bits per heavy atom. The molecule has 0 saturated heterocycles. The quantitative estimate of drug-likeness (QED) is 0.821. The number of nitrogens with one attached hydrogen (secondary N) is 1. The SMILES string of the molecule is CCCNC(Cc1csc(C)n1)c1ccc(CC)cc1. The van der Waals surface area contributed by atoms with Crippen LogP contribution in [0.5, 0.6) is 0 Å². The molecule has 1 unspecified atom stereocenters. The maximum atomic E-state index is 4.60. The summed E-state index contributed by atoms with van der Waals surface area (Å²) < 4.78 is 0. The van der Waals surface area contributed by atoms with Gasteiger partial charge < -0.3 is 5.32 Å². The highest BCUT2D eigenvalue weighted by atomic mass is 32.1. The van der Waals surface area contributed by atoms with Crippen LogP contribution in [-0.4, -0.2) is 11.5 Å². The van der Waals surface area contributed by atoms with Gasteiger partial charge in [-0.15, -0.1) is 11.3 Å². The van der Waals surface area contributed by atoms with Crippen molar-refractivity contribution in [1.29, 1.82) is 0 Å². The summed E-state index contributed by atoms with van der Waals surface area (Å²) in [4.78, 5) is 4.60. The minimum absolute atomic E-state index is 0.363. The van der Waals surface area contributed by atoms with Crippen molar-refractivity contribution in [2.75, 3.05) is 6.54 Å². The van der Waals surface area contributed by atoms with Gasteiger partial charge in [0.05, 0.1) is 10.7 Å². The second-order valence-corrected chi connectivity index (χ2v) is 6.23. The van der Waals surface area contributed by atoms with Crippen molar-refractivity contribution in [2.45, 2.75) is 46.1 Å². The molecule has 0 aliphatic rings. The first kappa shape index (κ1) is 15.2. The third-order valence-corrected chi connectivity index (χ3v) is 4.33. The maximum Gasteiger partial charge on any atom is 0.0897 e. The molecule has 1 heterocycles. The highest BCUT2D eigenvalue weighted by Gasteiger charge is 2.13. The van der Waals surface area contributed by atoms with Crippen molar-refractivity contribution in [1.82, 2.24) is 10.3 Å². The molecule has 3 heteroatoms. The second-order valence-electron chi connectivity index (χ2n) is 5.16. The summed E-state index contributed by atoms with van der Waals surface area (Å²) in [7, 11) is 0. The fourth-order valence-electron chi connectivity index (χ4n) is 2.32. The number of nitrogens with zero attached hydrogens (tertiary/aromatic N) is 1. The van der Waals surface area contributed by atoms with E-state index in [-0.39, 0.29) is 0 Å². The fourth-order valence-corrected chi connectivity index (χ4v) is 2.95. The normalized spacial score (nSPS) is 12.6. The lowest BCUT2D eigenvalue weighted by Crippen LogP contribution is -2.24. The van der Waals surface area contributed by atoms with Crippen LogP contribution in [0.1, 0.15) is 48.1 Å². The molecule has 0 radical (unpaired) electrons. The predicted octanol–water partition coefficient (Wildman–Crippen LogP) is 4.30. The van der Waals surface area contributed by atoms with E-state index in [1.54, 1.807) is 11.3 Å². The van der Waals surface area contributed by atoms with Crippen LogP contribution >= 0.6 is 11.3 Å². The molecule has 0 aliphatic heterocycles. The molecule has 0 spiro atoms. The third-order valence-electron chi connectivity index (χ3n) is 3.51. The summed E-state index contributed by atoms with van der Waals surface area (Å²) in [5.41, 5.74) is 3.95. The van der Waals surface area contributed by atoms with Gasteiger partial charge in [-0.3, -0.25) is 0 Å². The lowest BCUT2D eigenvalue weighted by Gasteiger charge is -2.18. The summed E-state index contributed by atoms with van der Waals surface area (Å²) in [6.45, 7) is 7.51. The van der Waals surface area contributed by atoms with Crippen LogP contribution in [0.2, 0.25) is 0 Å². The standard InChI is InChI=1S/C17H24N2S/c1-4-10-18-17(11-16-12-20-13(3)19-16)15-8-6-14(5-2)7-9-15/h6-9,12,17-18H,4-5,10-11H2,1-3H3. The van der Waals surface area contributed by atoms with Gasteiger partial charge in [0.25, 0.3) is 0 Å². The molecule has 1 aromatic carbocycles. The summed E-state index contributed by atoms with van der Waals surface area (Å²) >= 11 is 1.73. The molecule has 20 heavy (non-hydrogen) atoms. The monoisotopic (exact) mass is 288 g/mol. The van der Waals surface area contributed by atoms with E-state index in [1.807, 2.05) is 0 Å². The highest BCUT2D eigenvalue weighted by molar-refractivity contribution is 7.09. The molecule has 0 saturated carbocycles. The average Bonchev–Trinajstić information content (AvgIpc) is 2.89. The molecule has 0 amide bonds. The Kier molecular flexibility index (Phi) is 5.74. The third kappa shape index (κ3) is 4.15. The zero-order valence-corrected chi connectivity index (χ0v) is 13.5. The fraction of sp³-hybridized carbons (Fsp3) is 0.471. The number of thiazole rings is 1. The first-order valence-corrected chi connectivity index (χ1v) is 8.34. The van der Waals surface area contributed by atoms with Crippen molar-refractivity contribution in [2.24, 2.45) is 0 Å². The molecule has 1 aromatic heterocycles. The molecule has 1 N–H and O–H groups in total. The Bertz CT molecular complexity index is 516. The van der Waals surface area contributed by atoms with Crippen LogP contribution in [0, 0.1) is 6.92 Å². The Morgan fingerprint density at radius 1 is 1.20 bits per heavy atom. The van der Waals surface area contributed by atoms with E-state index < -0.39 is 0 Å². The highest BCUT2D eigenvalue weighted by Crippen LogP contribution is 2.20. The number of aromatic nitrogens is 1. The van der Waals surface area contributed by atoms with Gasteiger partial charge in [0.1, 0.15) is 0 Å². The van der Waals surface area contributed by atoms with E-state index in [9.17, 15) is 0 Å². The molecular weight excluding hydrogens is 264 g/mol. The number of hydrogen-bond acceptors (Lipinski definition) is 3. The topological polar surface area (TPSA) is 24.9 Å². The molecule has 2 aromatic rings. The van der Waals surface area contributed by atoms with Crippen LogP contribution < -0.4 is 5.32 Å². The van der Waals surface area contributed by atoms with Crippen LogP contribution in [0.3, 0.4) is 0 Å². The van der Waals surface area contributed by atoms with Crippen molar-refractivity contribution >= 4 is 11.3 Å². The molecule has 1 atom stereocenters. The zero-order valence-electron chi connectivity index (χ0n) is 12.6. The average molecular weight is 288 g/mol. The van der Waals surface area contributed by atoms with Crippen LogP contribution in [-0.2, 0) is 12.8 Å². The minimum Gasteiger partial charge on any atom is -0.310 e. The first-order chi connectivity index (χ1) is 9.72. The van der Waals surface area contributed by atoms with Gasteiger partial charge in [0.2, 0.25) is 0 Å². The van der Waals surface area contributed by atoms with Crippen molar-refractivity contribution in [3.8, 4) is 0 Å². The molecule has 0 aliphatic carbocycles. The van der Waals surface area contributed by atoms with Crippen LogP contribution in [0.25, 0.3) is 0 Å². The second kappa shape index (κ2) is 7.55. The Balaban J connectivity index is 2.12. The zero-order chi connectivity index (χ0) is 14.4. The summed E-state index contributed by atoms with van der Waals surface area (Å²) in [5, 5.41) is 6.97. The molecule has 2 nitrogen and oxygen atoms in total. The number of hydrogen-bond donors (Lipinski definition) is 1. The summed E-state index contributed by atoms with van der Waals surface area (Å²) in [6, 6.07) is 9.35. The van der Waals surface area contributed by atoms with Gasteiger partial charge in [0, 0.05) is 17.8 Å². The number of rotatable bonds is 7. The van der Waals surface area contributed by atoms with E-state index >= 15 is 0 Å². The van der Waals surface area contributed by atoms with Gasteiger partial charge in [-0.25, -0.2) is 4.98 Å². The molecule has 0 bridgehead atoms. The molecule has 0 fully saturated rings. The lowest BCUT2D eigenvalue weighted by atomic mass is 10.00. The Hall–Kier alpha value is -1.19. The predicted molar refractivity (Wildman–Crippen MR) is 87.4 cm³/mol. The summed E-state index contributed by atoms with van der Waals surface area (Å²) in [5.74, 6) is 0. The lowest BCUT2D eigenvalue weighted by molar-refractivity contribution is 0.525. The van der Waals surface area contributed by atoms with Crippen LogP contribution in [0.4, 0.5) is 0 Å². The number of aryl methyl sites for hydroxylation is 2. The molecular formula is C17H24N2S. The first-order valence-electron chi connectivity index (χ1n) is 7.46. The van der Waals surface area contributed by atoms with E-state index in [0.29, 0.717) is 6.04 Å². The van der Waals surface area contributed by atoms with Crippen molar-refractivity contribution in [3.05, 3.63) is 51.5 Å². The van der Waals surface area contributed by atoms with Gasteiger partial charge in [-0.05, 0) is 37.4 Å². The van der Waals surface area contributed by atoms with E-state index in [4.69, 9.17) is 0 Å². The van der Waals surface area contributed by atoms with Gasteiger partial charge in [-0.2, -0.15) is 0 Å². The Labute approximate surface area is 126 Å². The van der Waals surface area contributed by atoms with Crippen molar-refractivity contribution in [3.63, 3.8) is 0 Å². The van der Waals surface area contributed by atoms with Crippen LogP contribution in [0.15, 0.2) is 29.6 Å². The smallest absolute Gasteiger partial charge is 0.0897 e. The van der Waals surface area contributed by atoms with E-state index in [1.165, 1.54) is 16.8 Å². The van der Waals surface area contributed by atoms with Gasteiger partial charge >= 0.3 is 0 Å². The maximum absolute atomic E-state index is 4.60. The minimum atomic E-state index is 0.363. The van der Waals surface area contributed by atoms with E-state index in [0.717, 1.165) is 30.8 Å². The number of benzene rings is 1. The van der Waals surface area contributed by atoms with Gasteiger partial charge in [0.15, 0.2) is 0 Å². The van der Waals surface area contributed by atoms with Gasteiger partial charge in [-0.1, -0.05) is 38.1 Å². The van der Waals surface area contributed by atoms with E-state index in [2.05, 4.69) is 60.7 Å².